The molecule has 0 saturated carbocycles. The summed E-state index contributed by atoms with van der Waals surface area (Å²) in [6.45, 7) is 1.52. The van der Waals surface area contributed by atoms with Crippen LogP contribution in [0.3, 0.4) is 0 Å². The first-order valence-corrected chi connectivity index (χ1v) is 5.96. The molecule has 1 heterocycles. The van der Waals surface area contributed by atoms with Crippen LogP contribution in [0.15, 0.2) is 30.3 Å². The molecular formula is C13H16O6. The average Bonchev–Trinajstić information content (AvgIpc) is 2.43. The van der Waals surface area contributed by atoms with Crippen LogP contribution in [-0.2, 0) is 9.47 Å². The van der Waals surface area contributed by atoms with Gasteiger partial charge in [-0.1, -0.05) is 18.2 Å². The van der Waals surface area contributed by atoms with Crippen molar-refractivity contribution in [3.63, 3.8) is 0 Å². The lowest BCUT2D eigenvalue weighted by Crippen LogP contribution is -2.57. The van der Waals surface area contributed by atoms with Crippen LogP contribution in [0.1, 0.15) is 17.3 Å². The Bertz CT molecular complexity index is 434. The second-order valence-corrected chi connectivity index (χ2v) is 4.45. The van der Waals surface area contributed by atoms with E-state index in [4.69, 9.17) is 9.47 Å². The first kappa shape index (κ1) is 14.0. The summed E-state index contributed by atoms with van der Waals surface area (Å²) in [7, 11) is 0. The van der Waals surface area contributed by atoms with Crippen LogP contribution in [0.25, 0.3) is 0 Å². The molecule has 19 heavy (non-hydrogen) atoms. The summed E-state index contributed by atoms with van der Waals surface area (Å²) in [5, 5.41) is 28.8. The van der Waals surface area contributed by atoms with E-state index in [0.29, 0.717) is 5.56 Å². The highest BCUT2D eigenvalue weighted by Crippen LogP contribution is 2.22. The molecule has 1 aromatic rings. The van der Waals surface area contributed by atoms with Crippen molar-refractivity contribution < 1.29 is 29.6 Å². The Balaban J connectivity index is 2.05. The van der Waals surface area contributed by atoms with E-state index in [-0.39, 0.29) is 0 Å². The molecule has 6 heteroatoms. The zero-order valence-electron chi connectivity index (χ0n) is 10.3. The lowest BCUT2D eigenvalue weighted by Gasteiger charge is -2.38. The van der Waals surface area contributed by atoms with Crippen LogP contribution in [0.4, 0.5) is 0 Å². The fourth-order valence-electron chi connectivity index (χ4n) is 1.86. The third-order valence-electron chi connectivity index (χ3n) is 3.04. The van der Waals surface area contributed by atoms with Gasteiger partial charge in [-0.05, 0) is 19.1 Å². The van der Waals surface area contributed by atoms with E-state index in [1.807, 2.05) is 0 Å². The van der Waals surface area contributed by atoms with Crippen molar-refractivity contribution in [2.24, 2.45) is 0 Å². The van der Waals surface area contributed by atoms with Gasteiger partial charge in [-0.3, -0.25) is 0 Å². The summed E-state index contributed by atoms with van der Waals surface area (Å²) < 4.78 is 10.2. The van der Waals surface area contributed by atoms with Gasteiger partial charge in [-0.15, -0.1) is 0 Å². The zero-order chi connectivity index (χ0) is 14.0. The molecule has 0 radical (unpaired) electrons. The SMILES string of the molecule is [13CH3][13C@@H]1O[13C@@H](O[13C](=O)[13c]2[13cH][13cH][13cH][13cH][13cH]2)[13C@H](O)[13C@H](O)[13C@H]1O. The maximum Gasteiger partial charge on any atom is 0.340 e. The zero-order valence-corrected chi connectivity index (χ0v) is 10.3. The second kappa shape index (κ2) is 5.66. The largest absolute Gasteiger partial charge is 0.429 e. The number of aliphatic hydroxyl groups excluding tert-OH is 3. The molecule has 2 rings (SSSR count). The number of ether oxygens (including phenoxy) is 2. The molecule has 1 aromatic carbocycles. The molecule has 1 fully saturated rings. The van der Waals surface area contributed by atoms with Crippen LogP contribution in [0, 0.1) is 0 Å². The number of carbonyl (C=O) groups excluding carboxylic acids is 1. The van der Waals surface area contributed by atoms with Gasteiger partial charge in [-0.25, -0.2) is 4.79 Å². The highest BCUT2D eigenvalue weighted by Gasteiger charge is 2.43. The minimum atomic E-state index is -1.49. The van der Waals surface area contributed by atoms with E-state index in [1.165, 1.54) is 6.92 Å². The molecule has 1 saturated heterocycles. The van der Waals surface area contributed by atoms with Crippen LogP contribution in [-0.4, -0.2) is 52.0 Å². The normalized spacial score (nSPS) is 34.8. The predicted molar refractivity (Wildman–Crippen MR) is 64.2 cm³/mol. The Morgan fingerprint density at radius 1 is 1.11 bits per heavy atom. The summed E-state index contributed by atoms with van der Waals surface area (Å²) in [6.07, 6.45) is -6.18. The van der Waals surface area contributed by atoms with E-state index in [2.05, 4.69) is 0 Å². The summed E-state index contributed by atoms with van der Waals surface area (Å²) >= 11 is 0. The van der Waals surface area contributed by atoms with Crippen molar-refractivity contribution in [3.05, 3.63) is 35.9 Å². The van der Waals surface area contributed by atoms with Gasteiger partial charge in [0.1, 0.15) is 18.3 Å². The first-order chi connectivity index (χ1) is 9.00. The molecule has 5 atom stereocenters. The number of rotatable bonds is 2. The standard InChI is InChI=1S/C13H16O6/c1-7-9(14)10(15)11(16)13(18-7)19-12(17)8-5-3-2-4-6-8/h2-7,9-11,13-16H,1H3/t7-,9-,10+,11+,13-/m0/s1/i1+1,2+1,3+1,4+1,5+1,6+1,7+1,8+1,9+1,10+1,11+1,12+1,13+1. The molecule has 6 nitrogen and oxygen atoms in total. The van der Waals surface area contributed by atoms with Crippen molar-refractivity contribution in [1.29, 1.82) is 0 Å². The first-order valence-electron chi connectivity index (χ1n) is 5.96. The maximum absolute atomic E-state index is 11.8. The van der Waals surface area contributed by atoms with E-state index >= 15 is 0 Å². The summed E-state index contributed by atoms with van der Waals surface area (Å²) in [4.78, 5) is 11.8. The Hall–Kier alpha value is -1.47. The molecular weight excluding hydrogens is 265 g/mol. The van der Waals surface area contributed by atoms with Gasteiger partial charge in [0, 0.05) is 0 Å². The van der Waals surface area contributed by atoms with Gasteiger partial charge < -0.3 is 24.8 Å². The maximum atomic E-state index is 11.8. The van der Waals surface area contributed by atoms with Gasteiger partial charge in [0.25, 0.3) is 0 Å². The van der Waals surface area contributed by atoms with Gasteiger partial charge in [0.15, 0.2) is 0 Å². The predicted octanol–water partition coefficient (Wildman–Crippen LogP) is -0.329. The second-order valence-electron chi connectivity index (χ2n) is 4.45. The third-order valence-corrected chi connectivity index (χ3v) is 3.04. The minimum Gasteiger partial charge on any atom is -0.429 e. The topological polar surface area (TPSA) is 96.2 Å². The van der Waals surface area contributed by atoms with Gasteiger partial charge in [0.05, 0.1) is 11.7 Å². The van der Waals surface area contributed by atoms with Gasteiger partial charge in [0.2, 0.25) is 6.29 Å². The quantitative estimate of drug-likeness (QED) is 0.507. The van der Waals surface area contributed by atoms with Crippen molar-refractivity contribution in [2.75, 3.05) is 0 Å². The van der Waals surface area contributed by atoms with E-state index in [9.17, 15) is 20.1 Å². The van der Waals surface area contributed by atoms with E-state index < -0.39 is 36.7 Å². The Morgan fingerprint density at radius 2 is 1.74 bits per heavy atom. The summed E-state index contributed by atoms with van der Waals surface area (Å²) in [6, 6.07) is 8.23. The number of aliphatic hydroxyl groups is 3. The highest BCUT2D eigenvalue weighted by atomic mass is 16.9. The highest BCUT2D eigenvalue weighted by molar-refractivity contribution is 5.89. The third kappa shape index (κ3) is 2.93. The number of carbonyl (C=O) groups is 1. The molecule has 104 valence electrons. The van der Waals surface area contributed by atoms with Crippen molar-refractivity contribution >= 4 is 5.97 Å². The van der Waals surface area contributed by atoms with Gasteiger partial charge >= 0.3 is 5.97 Å². The summed E-state index contributed by atoms with van der Waals surface area (Å²) in [5.74, 6) is -0.666. The number of hydrogen-bond acceptors (Lipinski definition) is 6. The molecule has 0 aliphatic carbocycles. The Kier molecular flexibility index (Phi) is 4.16. The molecule has 0 unspecified atom stereocenters. The smallest absolute Gasteiger partial charge is 0.340 e. The van der Waals surface area contributed by atoms with Crippen LogP contribution in [0.2, 0.25) is 0 Å². The number of benzene rings is 1. The average molecular weight is 281 g/mol. The Morgan fingerprint density at radius 3 is 2.37 bits per heavy atom. The summed E-state index contributed by atoms with van der Waals surface area (Å²) in [5.41, 5.74) is 0.312. The van der Waals surface area contributed by atoms with Crippen LogP contribution >= 0.6 is 0 Å². The van der Waals surface area contributed by atoms with Gasteiger partial charge in [-0.2, -0.15) is 0 Å². The van der Waals surface area contributed by atoms with E-state index in [1.54, 1.807) is 30.3 Å². The molecule has 1 aliphatic heterocycles. The molecule has 1 aliphatic rings. The monoisotopic (exact) mass is 281 g/mol. The fourth-order valence-corrected chi connectivity index (χ4v) is 1.86. The lowest BCUT2D eigenvalue weighted by molar-refractivity contribution is -0.276. The molecule has 3 N–H and O–H groups in total. The lowest BCUT2D eigenvalue weighted by atomic mass is 10.9. The van der Waals surface area contributed by atoms with Crippen LogP contribution in [0.5, 0.6) is 0 Å². The van der Waals surface area contributed by atoms with Crippen LogP contribution < -0.4 is 0 Å². The fraction of sp³-hybridized carbons (Fsp3) is 0.462. The van der Waals surface area contributed by atoms with Crippen molar-refractivity contribution in [3.8, 4) is 0 Å². The Labute approximate surface area is 110 Å². The minimum absolute atomic E-state index is 0.312. The molecule has 0 bridgehead atoms. The molecule has 0 aromatic heterocycles. The number of hydrogen-bond donors (Lipinski definition) is 3. The molecule has 0 amide bonds. The van der Waals surface area contributed by atoms with Crippen molar-refractivity contribution in [1.82, 2.24) is 0 Å². The molecule has 0 spiro atoms. The van der Waals surface area contributed by atoms with Crippen molar-refractivity contribution in [2.45, 2.75) is 37.6 Å². The number of esters is 1. The van der Waals surface area contributed by atoms with E-state index in [0.717, 1.165) is 0 Å².